The van der Waals surface area contributed by atoms with Gasteiger partial charge in [0.1, 0.15) is 11.6 Å². The lowest BCUT2D eigenvalue weighted by Crippen LogP contribution is -2.08. The summed E-state index contributed by atoms with van der Waals surface area (Å²) in [5.41, 5.74) is 8.87. The number of aryl methyl sites for hydroxylation is 1. The first-order chi connectivity index (χ1) is 8.70. The van der Waals surface area contributed by atoms with E-state index in [2.05, 4.69) is 21.9 Å². The molecule has 0 saturated carbocycles. The molecule has 2 rings (SSSR count). The molecule has 0 unspecified atom stereocenters. The summed E-state index contributed by atoms with van der Waals surface area (Å²) >= 11 is 0. The Labute approximate surface area is 107 Å². The van der Waals surface area contributed by atoms with Crippen molar-refractivity contribution in [2.24, 2.45) is 0 Å². The summed E-state index contributed by atoms with van der Waals surface area (Å²) in [5.74, 6) is 1.41. The first-order valence-corrected chi connectivity index (χ1v) is 6.22. The minimum absolute atomic E-state index is 0.583. The molecule has 0 aliphatic rings. The van der Waals surface area contributed by atoms with Crippen molar-refractivity contribution in [1.29, 1.82) is 0 Å². The van der Waals surface area contributed by atoms with Gasteiger partial charge in [0.2, 0.25) is 0 Å². The van der Waals surface area contributed by atoms with Crippen molar-refractivity contribution in [3.63, 3.8) is 0 Å². The summed E-state index contributed by atoms with van der Waals surface area (Å²) in [4.78, 5) is 13.2. The maximum Gasteiger partial charge on any atom is 0.131 e. The van der Waals surface area contributed by atoms with E-state index < -0.39 is 0 Å². The number of nitrogens with zero attached hydrogens (tertiary/aromatic N) is 3. The van der Waals surface area contributed by atoms with Crippen molar-refractivity contribution in [2.75, 3.05) is 5.73 Å². The number of aromatic nitrogens is 3. The molecule has 0 fully saturated rings. The molecular formula is C14H18N4. The van der Waals surface area contributed by atoms with Gasteiger partial charge in [0.25, 0.3) is 0 Å². The molecule has 2 aromatic heterocycles. The van der Waals surface area contributed by atoms with Crippen molar-refractivity contribution in [1.82, 2.24) is 15.0 Å². The second kappa shape index (κ2) is 5.58. The Hall–Kier alpha value is -1.97. The normalized spacial score (nSPS) is 10.6. The van der Waals surface area contributed by atoms with Crippen LogP contribution in [0.2, 0.25) is 0 Å². The quantitative estimate of drug-likeness (QED) is 0.893. The van der Waals surface area contributed by atoms with Gasteiger partial charge in [0.15, 0.2) is 0 Å². The lowest BCUT2D eigenvalue weighted by Gasteiger charge is -2.09. The molecule has 0 aromatic carbocycles. The Morgan fingerprint density at radius 1 is 1.22 bits per heavy atom. The van der Waals surface area contributed by atoms with Crippen molar-refractivity contribution < 1.29 is 0 Å². The highest BCUT2D eigenvalue weighted by Gasteiger charge is 2.09. The largest absolute Gasteiger partial charge is 0.383 e. The maximum absolute atomic E-state index is 5.93. The molecule has 0 amide bonds. The van der Waals surface area contributed by atoms with E-state index in [-0.39, 0.29) is 0 Å². The van der Waals surface area contributed by atoms with Crippen LogP contribution in [-0.2, 0) is 12.8 Å². The molecule has 0 saturated heterocycles. The van der Waals surface area contributed by atoms with E-state index in [9.17, 15) is 0 Å². The highest BCUT2D eigenvalue weighted by molar-refractivity contribution is 5.42. The first kappa shape index (κ1) is 12.5. The van der Waals surface area contributed by atoms with Crippen LogP contribution in [0.3, 0.4) is 0 Å². The standard InChI is InChI=1S/C14H18N4/c1-3-6-13-17-12(10(2)14(15)18-13)9-11-7-4-5-8-16-11/h4-5,7-8H,3,6,9H2,1-2H3,(H2,15,17,18). The molecule has 0 spiro atoms. The van der Waals surface area contributed by atoms with Crippen molar-refractivity contribution in [3.05, 3.63) is 47.2 Å². The first-order valence-electron chi connectivity index (χ1n) is 6.22. The van der Waals surface area contributed by atoms with Gasteiger partial charge in [-0.15, -0.1) is 0 Å². The van der Waals surface area contributed by atoms with Crippen LogP contribution in [0.4, 0.5) is 5.82 Å². The third-order valence-corrected chi connectivity index (χ3v) is 2.88. The number of rotatable bonds is 4. The predicted octanol–water partition coefficient (Wildman–Crippen LogP) is 2.31. The Morgan fingerprint density at radius 3 is 2.72 bits per heavy atom. The zero-order chi connectivity index (χ0) is 13.0. The highest BCUT2D eigenvalue weighted by Crippen LogP contribution is 2.16. The molecule has 4 nitrogen and oxygen atoms in total. The van der Waals surface area contributed by atoms with Crippen LogP contribution in [-0.4, -0.2) is 15.0 Å². The molecular weight excluding hydrogens is 224 g/mol. The maximum atomic E-state index is 5.93. The molecule has 94 valence electrons. The van der Waals surface area contributed by atoms with Crippen LogP contribution in [0, 0.1) is 6.92 Å². The number of nitrogen functional groups attached to an aromatic ring is 1. The van der Waals surface area contributed by atoms with E-state index in [1.807, 2.05) is 25.1 Å². The fourth-order valence-corrected chi connectivity index (χ4v) is 1.82. The van der Waals surface area contributed by atoms with Gasteiger partial charge in [0.05, 0.1) is 5.69 Å². The molecule has 0 bridgehead atoms. The van der Waals surface area contributed by atoms with Gasteiger partial charge in [-0.3, -0.25) is 4.98 Å². The van der Waals surface area contributed by atoms with E-state index in [1.165, 1.54) is 0 Å². The zero-order valence-corrected chi connectivity index (χ0v) is 10.8. The molecule has 0 atom stereocenters. The van der Waals surface area contributed by atoms with Crippen LogP contribution in [0.15, 0.2) is 24.4 Å². The third-order valence-electron chi connectivity index (χ3n) is 2.88. The smallest absolute Gasteiger partial charge is 0.131 e. The molecule has 4 heteroatoms. The molecule has 0 radical (unpaired) electrons. The number of pyridine rings is 1. The third kappa shape index (κ3) is 2.83. The van der Waals surface area contributed by atoms with E-state index in [0.717, 1.165) is 35.6 Å². The zero-order valence-electron chi connectivity index (χ0n) is 10.8. The molecule has 2 N–H and O–H groups in total. The summed E-state index contributed by atoms with van der Waals surface area (Å²) in [6.45, 7) is 4.07. The van der Waals surface area contributed by atoms with E-state index in [1.54, 1.807) is 6.20 Å². The molecule has 0 aliphatic heterocycles. The molecule has 2 heterocycles. The minimum Gasteiger partial charge on any atom is -0.383 e. The lowest BCUT2D eigenvalue weighted by molar-refractivity contribution is 0.812. The molecule has 2 aromatic rings. The average molecular weight is 242 g/mol. The van der Waals surface area contributed by atoms with E-state index >= 15 is 0 Å². The molecule has 0 aliphatic carbocycles. The van der Waals surface area contributed by atoms with Crippen LogP contribution in [0.25, 0.3) is 0 Å². The Kier molecular flexibility index (Phi) is 3.87. The second-order valence-electron chi connectivity index (χ2n) is 4.34. The predicted molar refractivity (Wildman–Crippen MR) is 72.2 cm³/mol. The Bertz CT molecular complexity index is 523. The summed E-state index contributed by atoms with van der Waals surface area (Å²) in [6.07, 6.45) is 4.38. The number of anilines is 1. The van der Waals surface area contributed by atoms with E-state index in [0.29, 0.717) is 12.2 Å². The molecule has 18 heavy (non-hydrogen) atoms. The second-order valence-corrected chi connectivity index (χ2v) is 4.34. The van der Waals surface area contributed by atoms with Gasteiger partial charge in [-0.05, 0) is 25.5 Å². The van der Waals surface area contributed by atoms with Crippen molar-refractivity contribution in [3.8, 4) is 0 Å². The fraction of sp³-hybridized carbons (Fsp3) is 0.357. The van der Waals surface area contributed by atoms with Crippen molar-refractivity contribution >= 4 is 5.82 Å². The lowest BCUT2D eigenvalue weighted by atomic mass is 10.1. The van der Waals surface area contributed by atoms with Crippen molar-refractivity contribution in [2.45, 2.75) is 33.1 Å². The number of hydrogen-bond acceptors (Lipinski definition) is 4. The van der Waals surface area contributed by atoms with Gasteiger partial charge >= 0.3 is 0 Å². The summed E-state index contributed by atoms with van der Waals surface area (Å²) in [5, 5.41) is 0. The fourth-order valence-electron chi connectivity index (χ4n) is 1.82. The highest BCUT2D eigenvalue weighted by atomic mass is 15.0. The van der Waals surface area contributed by atoms with Crippen LogP contribution in [0.5, 0.6) is 0 Å². The van der Waals surface area contributed by atoms with Gasteiger partial charge < -0.3 is 5.73 Å². The van der Waals surface area contributed by atoms with E-state index in [4.69, 9.17) is 5.73 Å². The summed E-state index contributed by atoms with van der Waals surface area (Å²) in [7, 11) is 0. The van der Waals surface area contributed by atoms with Gasteiger partial charge in [0, 0.05) is 30.3 Å². The van der Waals surface area contributed by atoms with Crippen LogP contribution < -0.4 is 5.73 Å². The Balaban J connectivity index is 2.31. The average Bonchev–Trinajstić information content (AvgIpc) is 2.37. The van der Waals surface area contributed by atoms with Gasteiger partial charge in [-0.25, -0.2) is 9.97 Å². The topological polar surface area (TPSA) is 64.7 Å². The van der Waals surface area contributed by atoms with Crippen LogP contribution in [0.1, 0.15) is 36.1 Å². The SMILES string of the molecule is CCCc1nc(N)c(C)c(Cc2ccccn2)n1. The van der Waals surface area contributed by atoms with Crippen LogP contribution >= 0.6 is 0 Å². The summed E-state index contributed by atoms with van der Waals surface area (Å²) in [6, 6.07) is 5.89. The monoisotopic (exact) mass is 242 g/mol. The number of hydrogen-bond donors (Lipinski definition) is 1. The summed E-state index contributed by atoms with van der Waals surface area (Å²) < 4.78 is 0. The number of nitrogens with two attached hydrogens (primary N) is 1. The minimum atomic E-state index is 0.583. The van der Waals surface area contributed by atoms with Gasteiger partial charge in [-0.2, -0.15) is 0 Å². The van der Waals surface area contributed by atoms with Gasteiger partial charge in [-0.1, -0.05) is 13.0 Å². The Morgan fingerprint density at radius 2 is 2.06 bits per heavy atom.